The summed E-state index contributed by atoms with van der Waals surface area (Å²) in [6.45, 7) is 12.1. The van der Waals surface area contributed by atoms with Crippen molar-refractivity contribution in [1.29, 1.82) is 0 Å². The zero-order chi connectivity index (χ0) is 22.2. The van der Waals surface area contributed by atoms with Crippen molar-refractivity contribution in [2.75, 3.05) is 0 Å². The van der Waals surface area contributed by atoms with E-state index in [1.807, 2.05) is 18.3 Å². The smallest absolute Gasteiger partial charge is 0.330 e. The second kappa shape index (κ2) is 8.22. The Hall–Kier alpha value is -3.08. The number of hydrogen-bond acceptors (Lipinski definition) is 4. The maximum absolute atomic E-state index is 11.7. The predicted octanol–water partition coefficient (Wildman–Crippen LogP) is 5.95. The van der Waals surface area contributed by atoms with Crippen molar-refractivity contribution in [2.24, 2.45) is 5.41 Å². The van der Waals surface area contributed by atoms with Crippen LogP contribution in [0, 0.1) is 5.41 Å². The topological polar surface area (TPSA) is 53.4 Å². The number of carbonyl (C=O) groups excluding carboxylic acids is 1. The van der Waals surface area contributed by atoms with Crippen LogP contribution in [-0.4, -0.2) is 27.7 Å². The summed E-state index contributed by atoms with van der Waals surface area (Å²) < 4.78 is 14.3. The first-order valence-electron chi connectivity index (χ1n) is 10.9. The molecule has 31 heavy (non-hydrogen) atoms. The largest absolute Gasteiger partial charge is 0.490 e. The van der Waals surface area contributed by atoms with Crippen LogP contribution in [-0.2, 0) is 9.53 Å². The molecule has 4 rings (SSSR count). The quantitative estimate of drug-likeness (QED) is 0.367. The summed E-state index contributed by atoms with van der Waals surface area (Å²) in [5.41, 5.74) is 3.09. The Bertz CT molecular complexity index is 1100. The molecule has 0 aliphatic heterocycles. The van der Waals surface area contributed by atoms with Gasteiger partial charge < -0.3 is 14.0 Å². The normalized spacial score (nSPS) is 20.2. The number of benzene rings is 1. The highest BCUT2D eigenvalue weighted by Crippen LogP contribution is 2.43. The molecule has 2 unspecified atom stereocenters. The molecule has 2 aromatic heterocycles. The standard InChI is InChI=1S/C26H30N2O3/c1-6-25(29)31-24-12-11-23(26(24,4)5)30-20-10-9-18-14-21(19-8-7-13-27-16-19)28(17(2)3)22(18)15-20/h6-10,13-17,23-24H,1,11-12H2,2-5H3. The molecule has 0 radical (unpaired) electrons. The number of carbonyl (C=O) groups is 1. The number of rotatable bonds is 6. The van der Waals surface area contributed by atoms with Crippen molar-refractivity contribution in [1.82, 2.24) is 9.55 Å². The van der Waals surface area contributed by atoms with Crippen LogP contribution < -0.4 is 4.74 Å². The van der Waals surface area contributed by atoms with Gasteiger partial charge in [-0.15, -0.1) is 0 Å². The second-order valence-electron chi connectivity index (χ2n) is 9.09. The summed E-state index contributed by atoms with van der Waals surface area (Å²) in [6.07, 6.45) is 6.32. The van der Waals surface area contributed by atoms with Crippen molar-refractivity contribution in [2.45, 2.75) is 58.8 Å². The van der Waals surface area contributed by atoms with Crippen LogP contribution in [0.15, 0.2) is 61.4 Å². The Morgan fingerprint density at radius 2 is 2.00 bits per heavy atom. The molecule has 2 atom stereocenters. The van der Waals surface area contributed by atoms with Crippen LogP contribution in [0.25, 0.3) is 22.2 Å². The van der Waals surface area contributed by atoms with Crippen molar-refractivity contribution in [3.05, 3.63) is 61.4 Å². The number of nitrogens with zero attached hydrogens (tertiary/aromatic N) is 2. The second-order valence-corrected chi connectivity index (χ2v) is 9.09. The summed E-state index contributed by atoms with van der Waals surface area (Å²) >= 11 is 0. The highest BCUT2D eigenvalue weighted by atomic mass is 16.5. The van der Waals surface area contributed by atoms with Crippen LogP contribution in [0.2, 0.25) is 0 Å². The lowest BCUT2D eigenvalue weighted by atomic mass is 9.87. The highest BCUT2D eigenvalue weighted by molar-refractivity contribution is 5.88. The van der Waals surface area contributed by atoms with Crippen molar-refractivity contribution < 1.29 is 14.3 Å². The van der Waals surface area contributed by atoms with Crippen LogP contribution in [0.1, 0.15) is 46.6 Å². The maximum atomic E-state index is 11.7. The molecule has 1 aliphatic rings. The number of aromatic nitrogens is 2. The first-order chi connectivity index (χ1) is 14.8. The van der Waals surface area contributed by atoms with Gasteiger partial charge in [-0.2, -0.15) is 0 Å². The predicted molar refractivity (Wildman–Crippen MR) is 123 cm³/mol. The number of hydrogen-bond donors (Lipinski definition) is 0. The third-order valence-electron chi connectivity index (χ3n) is 6.34. The fraction of sp³-hybridized carbons (Fsp3) is 0.385. The van der Waals surface area contributed by atoms with Gasteiger partial charge >= 0.3 is 5.97 Å². The molecule has 162 valence electrons. The Morgan fingerprint density at radius 1 is 1.23 bits per heavy atom. The fourth-order valence-electron chi connectivity index (χ4n) is 4.60. The average Bonchev–Trinajstić information content (AvgIpc) is 3.26. The molecule has 0 N–H and O–H groups in total. The van der Waals surface area contributed by atoms with E-state index in [0.29, 0.717) is 0 Å². The molecule has 5 heteroatoms. The van der Waals surface area contributed by atoms with Crippen molar-refractivity contribution >= 4 is 16.9 Å². The summed E-state index contributed by atoms with van der Waals surface area (Å²) in [6, 6.07) is 12.8. The van der Waals surface area contributed by atoms with Gasteiger partial charge in [0.05, 0.1) is 11.2 Å². The molecule has 2 heterocycles. The first-order valence-corrected chi connectivity index (χ1v) is 10.9. The summed E-state index contributed by atoms with van der Waals surface area (Å²) in [4.78, 5) is 16.0. The van der Waals surface area contributed by atoms with Gasteiger partial charge in [0.1, 0.15) is 18.0 Å². The Labute approximate surface area is 183 Å². The van der Waals surface area contributed by atoms with Gasteiger partial charge in [0, 0.05) is 46.9 Å². The van der Waals surface area contributed by atoms with Crippen LogP contribution in [0.5, 0.6) is 5.75 Å². The summed E-state index contributed by atoms with van der Waals surface area (Å²) in [5.74, 6) is 0.455. The van der Waals surface area contributed by atoms with Gasteiger partial charge in [0.2, 0.25) is 0 Å². The van der Waals surface area contributed by atoms with Gasteiger partial charge in [-0.1, -0.05) is 20.4 Å². The first kappa shape index (κ1) is 21.2. The number of fused-ring (bicyclic) bond motifs is 1. The zero-order valence-corrected chi connectivity index (χ0v) is 18.7. The Balaban J connectivity index is 1.65. The molecule has 1 fully saturated rings. The molecular weight excluding hydrogens is 388 g/mol. The van der Waals surface area contributed by atoms with Gasteiger partial charge in [0.15, 0.2) is 0 Å². The minimum atomic E-state index is -0.377. The monoisotopic (exact) mass is 418 g/mol. The lowest BCUT2D eigenvalue weighted by Gasteiger charge is -2.32. The third-order valence-corrected chi connectivity index (χ3v) is 6.34. The molecule has 0 saturated heterocycles. The van der Waals surface area contributed by atoms with Gasteiger partial charge in [-0.05, 0) is 57.0 Å². The highest BCUT2D eigenvalue weighted by Gasteiger charge is 2.47. The molecule has 3 aromatic rings. The van der Waals surface area contributed by atoms with Crippen LogP contribution in [0.4, 0.5) is 0 Å². The van der Waals surface area contributed by atoms with E-state index >= 15 is 0 Å². The van der Waals surface area contributed by atoms with Gasteiger partial charge in [0.25, 0.3) is 0 Å². The van der Waals surface area contributed by atoms with Crippen molar-refractivity contribution in [3.8, 4) is 17.0 Å². The van der Waals surface area contributed by atoms with E-state index < -0.39 is 0 Å². The molecule has 1 aliphatic carbocycles. The lowest BCUT2D eigenvalue weighted by molar-refractivity contribution is -0.148. The van der Waals surface area contributed by atoms with Crippen LogP contribution in [0.3, 0.4) is 0 Å². The molecule has 5 nitrogen and oxygen atoms in total. The number of pyridine rings is 1. The van der Waals surface area contributed by atoms with E-state index in [2.05, 4.69) is 68.1 Å². The van der Waals surface area contributed by atoms with E-state index in [4.69, 9.17) is 9.47 Å². The Morgan fingerprint density at radius 3 is 2.68 bits per heavy atom. The molecule has 0 bridgehead atoms. The molecule has 1 aromatic carbocycles. The zero-order valence-electron chi connectivity index (χ0n) is 18.7. The van der Waals surface area contributed by atoms with E-state index in [0.717, 1.165) is 35.4 Å². The lowest BCUT2D eigenvalue weighted by Crippen LogP contribution is -2.38. The number of esters is 1. The molecule has 0 amide bonds. The third kappa shape index (κ3) is 3.97. The summed E-state index contributed by atoms with van der Waals surface area (Å²) in [5, 5.41) is 1.17. The fourth-order valence-corrected chi connectivity index (χ4v) is 4.60. The van der Waals surface area contributed by atoms with Gasteiger partial charge in [-0.25, -0.2) is 4.79 Å². The molecule has 0 spiro atoms. The van der Waals surface area contributed by atoms with E-state index in [1.54, 1.807) is 6.20 Å². The minimum absolute atomic E-state index is 0.0344. The van der Waals surface area contributed by atoms with Crippen LogP contribution >= 0.6 is 0 Å². The number of ether oxygens (including phenoxy) is 2. The maximum Gasteiger partial charge on any atom is 0.330 e. The average molecular weight is 419 g/mol. The van der Waals surface area contributed by atoms with E-state index in [1.165, 1.54) is 11.5 Å². The van der Waals surface area contributed by atoms with E-state index in [-0.39, 0.29) is 29.6 Å². The van der Waals surface area contributed by atoms with Crippen molar-refractivity contribution in [3.63, 3.8) is 0 Å². The van der Waals surface area contributed by atoms with Gasteiger partial charge in [-0.3, -0.25) is 4.98 Å². The SMILES string of the molecule is C=CC(=O)OC1CCC(Oc2ccc3cc(-c4cccnc4)n(C(C)C)c3c2)C1(C)C. The van der Waals surface area contributed by atoms with E-state index in [9.17, 15) is 4.79 Å². The summed E-state index contributed by atoms with van der Waals surface area (Å²) in [7, 11) is 0. The minimum Gasteiger partial charge on any atom is -0.490 e. The molecular formula is C26H30N2O3. The Kier molecular flexibility index (Phi) is 5.61. The molecule has 1 saturated carbocycles.